The molecule has 0 saturated heterocycles. The van der Waals surface area contributed by atoms with Crippen LogP contribution in [0.5, 0.6) is 0 Å². The Balaban J connectivity index is 2.31. The highest BCUT2D eigenvalue weighted by molar-refractivity contribution is 8.03. The van der Waals surface area contributed by atoms with Crippen molar-refractivity contribution in [2.45, 2.75) is 41.1 Å². The lowest BCUT2D eigenvalue weighted by Gasteiger charge is -2.00. The fourth-order valence-electron chi connectivity index (χ4n) is 0.947. The van der Waals surface area contributed by atoms with Gasteiger partial charge in [0.25, 0.3) is 0 Å². The molecule has 0 aliphatic rings. The normalized spacial score (nSPS) is 10.8. The molecular formula is C10H17N3OS3. The molecule has 0 bridgehead atoms. The molecule has 0 atom stereocenters. The van der Waals surface area contributed by atoms with Crippen LogP contribution in [0.1, 0.15) is 27.2 Å². The van der Waals surface area contributed by atoms with E-state index >= 15 is 0 Å². The predicted molar refractivity (Wildman–Crippen MR) is 74.9 cm³/mol. The Morgan fingerprint density at radius 1 is 1.41 bits per heavy atom. The Hall–Kier alpha value is -0.270. The second kappa shape index (κ2) is 7.94. The third-order valence-electron chi connectivity index (χ3n) is 1.62. The molecule has 0 radical (unpaired) electrons. The number of thioether (sulfide) groups is 2. The van der Waals surface area contributed by atoms with E-state index in [1.54, 1.807) is 23.1 Å². The smallest absolute Gasteiger partial charge is 0.230 e. The van der Waals surface area contributed by atoms with E-state index in [4.69, 9.17) is 0 Å². The summed E-state index contributed by atoms with van der Waals surface area (Å²) in [6.45, 7) is 7.02. The monoisotopic (exact) mass is 291 g/mol. The maximum Gasteiger partial charge on any atom is 0.230 e. The van der Waals surface area contributed by atoms with Crippen LogP contribution in [-0.4, -0.2) is 33.7 Å². The summed E-state index contributed by atoms with van der Waals surface area (Å²) in [5.74, 6) is 0.478. The molecule has 1 heterocycles. The number of nitrogens with zero attached hydrogens (tertiary/aromatic N) is 2. The summed E-state index contributed by atoms with van der Waals surface area (Å²) in [6, 6.07) is 0. The number of carbonyl (C=O) groups excluding carboxylic acids is 1. The van der Waals surface area contributed by atoms with Crippen LogP contribution in [0.3, 0.4) is 0 Å². The third kappa shape index (κ3) is 6.28. The molecule has 4 nitrogen and oxygen atoms in total. The summed E-state index contributed by atoms with van der Waals surface area (Å²) in [4.78, 5) is 11.4. The minimum atomic E-state index is 0.0603. The maximum absolute atomic E-state index is 11.4. The van der Waals surface area contributed by atoms with Gasteiger partial charge in [-0.1, -0.05) is 55.6 Å². The number of amides is 1. The number of aromatic nitrogens is 2. The van der Waals surface area contributed by atoms with Crippen molar-refractivity contribution in [3.63, 3.8) is 0 Å². The highest BCUT2D eigenvalue weighted by Crippen LogP contribution is 2.30. The van der Waals surface area contributed by atoms with Crippen molar-refractivity contribution < 1.29 is 4.79 Å². The van der Waals surface area contributed by atoms with E-state index in [9.17, 15) is 4.79 Å². The van der Waals surface area contributed by atoms with Crippen LogP contribution in [0.25, 0.3) is 0 Å². The Bertz CT molecular complexity index is 354. The quantitative estimate of drug-likeness (QED) is 0.783. The zero-order chi connectivity index (χ0) is 12.7. The fourth-order valence-corrected chi connectivity index (χ4v) is 4.02. The summed E-state index contributed by atoms with van der Waals surface area (Å²) in [5.41, 5.74) is 0. The van der Waals surface area contributed by atoms with Gasteiger partial charge >= 0.3 is 0 Å². The molecule has 1 N–H and O–H groups in total. The van der Waals surface area contributed by atoms with Crippen molar-refractivity contribution >= 4 is 40.8 Å². The molecular weight excluding hydrogens is 274 g/mol. The lowest BCUT2D eigenvalue weighted by Crippen LogP contribution is -2.25. The number of hydrogen-bond donors (Lipinski definition) is 1. The first-order chi connectivity index (χ1) is 8.11. The summed E-state index contributed by atoms with van der Waals surface area (Å²) >= 11 is 4.70. The molecule has 0 aliphatic heterocycles. The van der Waals surface area contributed by atoms with Crippen LogP contribution in [0, 0.1) is 0 Å². The topological polar surface area (TPSA) is 54.9 Å². The van der Waals surface area contributed by atoms with E-state index in [1.807, 2.05) is 6.92 Å². The van der Waals surface area contributed by atoms with E-state index in [1.165, 1.54) is 11.8 Å². The van der Waals surface area contributed by atoms with Gasteiger partial charge in [-0.2, -0.15) is 0 Å². The van der Waals surface area contributed by atoms with Gasteiger partial charge in [0.05, 0.1) is 5.75 Å². The van der Waals surface area contributed by atoms with Crippen molar-refractivity contribution in [3.05, 3.63) is 0 Å². The maximum atomic E-state index is 11.4. The van der Waals surface area contributed by atoms with E-state index in [-0.39, 0.29) is 5.91 Å². The predicted octanol–water partition coefficient (Wildman–Crippen LogP) is 2.66. The van der Waals surface area contributed by atoms with Gasteiger partial charge in [0.2, 0.25) is 5.91 Å². The van der Waals surface area contributed by atoms with Gasteiger partial charge in [-0.3, -0.25) is 4.79 Å². The second-order valence-corrected chi connectivity index (χ2v) is 7.66. The molecule has 0 aliphatic carbocycles. The molecule has 0 saturated carbocycles. The van der Waals surface area contributed by atoms with E-state index in [2.05, 4.69) is 29.4 Å². The molecule has 0 spiro atoms. The Labute approximate surface area is 114 Å². The zero-order valence-electron chi connectivity index (χ0n) is 10.2. The lowest BCUT2D eigenvalue weighted by molar-refractivity contribution is -0.118. The first-order valence-corrected chi connectivity index (χ1v) is 8.19. The number of hydrogen-bond acceptors (Lipinski definition) is 6. The standard InChI is InChI=1S/C10H17N3OS3/c1-4-5-11-8(14)6-15-9-12-13-10(17-9)16-7(2)3/h7H,4-6H2,1-3H3,(H,11,14). The minimum absolute atomic E-state index is 0.0603. The van der Waals surface area contributed by atoms with Gasteiger partial charge in [0, 0.05) is 11.8 Å². The summed E-state index contributed by atoms with van der Waals surface area (Å²) < 4.78 is 1.83. The van der Waals surface area contributed by atoms with Crippen molar-refractivity contribution in [1.82, 2.24) is 15.5 Å². The molecule has 17 heavy (non-hydrogen) atoms. The fraction of sp³-hybridized carbons (Fsp3) is 0.700. The van der Waals surface area contributed by atoms with Crippen LogP contribution in [0.2, 0.25) is 0 Å². The summed E-state index contributed by atoms with van der Waals surface area (Å²) in [7, 11) is 0. The largest absolute Gasteiger partial charge is 0.355 e. The highest BCUT2D eigenvalue weighted by Gasteiger charge is 2.09. The van der Waals surface area contributed by atoms with Crippen LogP contribution >= 0.6 is 34.9 Å². The van der Waals surface area contributed by atoms with E-state index < -0.39 is 0 Å². The SMILES string of the molecule is CCCNC(=O)CSc1nnc(SC(C)C)s1. The van der Waals surface area contributed by atoms with Crippen LogP contribution in [0.15, 0.2) is 8.68 Å². The lowest BCUT2D eigenvalue weighted by atomic mass is 10.5. The highest BCUT2D eigenvalue weighted by atomic mass is 32.2. The average Bonchev–Trinajstić information content (AvgIpc) is 2.70. The Kier molecular flexibility index (Phi) is 6.91. The molecule has 1 aromatic heterocycles. The van der Waals surface area contributed by atoms with Gasteiger partial charge in [-0.05, 0) is 6.42 Å². The Morgan fingerprint density at radius 3 is 2.76 bits per heavy atom. The van der Waals surface area contributed by atoms with Gasteiger partial charge in [-0.15, -0.1) is 10.2 Å². The first kappa shape index (κ1) is 14.8. The second-order valence-electron chi connectivity index (χ2n) is 3.64. The first-order valence-electron chi connectivity index (χ1n) is 5.51. The molecule has 7 heteroatoms. The molecule has 1 aromatic rings. The van der Waals surface area contributed by atoms with E-state index in [0.29, 0.717) is 11.0 Å². The van der Waals surface area contributed by atoms with Crippen molar-refractivity contribution in [2.24, 2.45) is 0 Å². The van der Waals surface area contributed by atoms with Crippen molar-refractivity contribution in [2.75, 3.05) is 12.3 Å². The van der Waals surface area contributed by atoms with Gasteiger partial charge < -0.3 is 5.32 Å². The molecule has 96 valence electrons. The van der Waals surface area contributed by atoms with Gasteiger partial charge in [-0.25, -0.2) is 0 Å². The van der Waals surface area contributed by atoms with E-state index in [0.717, 1.165) is 21.6 Å². The van der Waals surface area contributed by atoms with Crippen molar-refractivity contribution in [3.8, 4) is 0 Å². The van der Waals surface area contributed by atoms with Gasteiger partial charge in [0.15, 0.2) is 8.68 Å². The van der Waals surface area contributed by atoms with Gasteiger partial charge in [0.1, 0.15) is 0 Å². The van der Waals surface area contributed by atoms with Crippen LogP contribution < -0.4 is 5.32 Å². The molecule has 0 aromatic carbocycles. The number of nitrogens with one attached hydrogen (secondary N) is 1. The molecule has 1 rings (SSSR count). The molecule has 0 unspecified atom stereocenters. The molecule has 1 amide bonds. The van der Waals surface area contributed by atoms with Crippen molar-refractivity contribution in [1.29, 1.82) is 0 Å². The summed E-state index contributed by atoms with van der Waals surface area (Å²) in [6.07, 6.45) is 0.963. The third-order valence-corrected chi connectivity index (χ3v) is 4.77. The number of carbonyl (C=O) groups is 1. The van der Waals surface area contributed by atoms with Crippen LogP contribution in [-0.2, 0) is 4.79 Å². The summed E-state index contributed by atoms with van der Waals surface area (Å²) in [5, 5.41) is 11.5. The zero-order valence-corrected chi connectivity index (χ0v) is 12.7. The minimum Gasteiger partial charge on any atom is -0.355 e. The Morgan fingerprint density at radius 2 is 2.12 bits per heavy atom. The average molecular weight is 291 g/mol. The molecule has 0 fully saturated rings. The number of rotatable bonds is 7. The van der Waals surface area contributed by atoms with Crippen LogP contribution in [0.4, 0.5) is 0 Å².